The third-order valence-electron chi connectivity index (χ3n) is 3.73. The quantitative estimate of drug-likeness (QED) is 0.534. The van der Waals surface area contributed by atoms with Crippen LogP contribution in [-0.2, 0) is 6.42 Å². The summed E-state index contributed by atoms with van der Waals surface area (Å²) in [5, 5.41) is 16.1. The molecule has 0 spiro atoms. The molecule has 0 aliphatic rings. The number of nitrogens with one attached hydrogen (secondary N) is 2. The standard InChI is InChI=1S/C19H24F2N2O3/c1-22-15-6-8-17(9-7-15)25-13-16(24)12-23-11-10-14-4-2-3-5-18(14)26-19(20)21/h2-9,16,19,22-24H,10-13H2,1H3. The SMILES string of the molecule is CNc1ccc(OCC(O)CNCCc2ccccc2OC(F)F)cc1. The number of para-hydroxylation sites is 1. The third kappa shape index (κ3) is 6.85. The zero-order valence-corrected chi connectivity index (χ0v) is 14.6. The van der Waals surface area contributed by atoms with Crippen LogP contribution >= 0.6 is 0 Å². The maximum atomic E-state index is 12.4. The topological polar surface area (TPSA) is 62.8 Å². The van der Waals surface area contributed by atoms with E-state index in [1.807, 2.05) is 31.3 Å². The van der Waals surface area contributed by atoms with Crippen LogP contribution in [-0.4, -0.2) is 44.6 Å². The Balaban J connectivity index is 1.67. The Morgan fingerprint density at radius 1 is 1.08 bits per heavy atom. The molecule has 0 heterocycles. The van der Waals surface area contributed by atoms with E-state index in [0.29, 0.717) is 30.8 Å². The average Bonchev–Trinajstić information content (AvgIpc) is 2.64. The first-order chi connectivity index (χ1) is 12.6. The summed E-state index contributed by atoms with van der Waals surface area (Å²) in [5.74, 6) is 0.860. The number of aliphatic hydroxyl groups excluding tert-OH is 1. The molecule has 0 saturated carbocycles. The second-order valence-electron chi connectivity index (χ2n) is 5.68. The first kappa shape index (κ1) is 19.9. The van der Waals surface area contributed by atoms with Crippen LogP contribution in [0.1, 0.15) is 5.56 Å². The third-order valence-corrected chi connectivity index (χ3v) is 3.73. The molecule has 0 bridgehead atoms. The molecule has 2 aromatic carbocycles. The summed E-state index contributed by atoms with van der Waals surface area (Å²) >= 11 is 0. The van der Waals surface area contributed by atoms with Gasteiger partial charge in [0.05, 0.1) is 0 Å². The van der Waals surface area contributed by atoms with Gasteiger partial charge in [-0.1, -0.05) is 18.2 Å². The number of benzene rings is 2. The highest BCUT2D eigenvalue weighted by Crippen LogP contribution is 2.20. The molecular weight excluding hydrogens is 342 g/mol. The van der Waals surface area contributed by atoms with Gasteiger partial charge in [-0.3, -0.25) is 0 Å². The second-order valence-corrected chi connectivity index (χ2v) is 5.68. The van der Waals surface area contributed by atoms with E-state index in [9.17, 15) is 13.9 Å². The van der Waals surface area contributed by atoms with Crippen molar-refractivity contribution in [2.45, 2.75) is 19.1 Å². The van der Waals surface area contributed by atoms with Crippen molar-refractivity contribution in [3.05, 3.63) is 54.1 Å². The molecule has 0 fully saturated rings. The van der Waals surface area contributed by atoms with E-state index in [0.717, 1.165) is 5.69 Å². The Morgan fingerprint density at radius 3 is 2.50 bits per heavy atom. The van der Waals surface area contributed by atoms with Crippen molar-refractivity contribution in [1.82, 2.24) is 5.32 Å². The lowest BCUT2D eigenvalue weighted by Gasteiger charge is -2.14. The molecule has 5 nitrogen and oxygen atoms in total. The van der Waals surface area contributed by atoms with Crippen LogP contribution in [0.25, 0.3) is 0 Å². The molecule has 26 heavy (non-hydrogen) atoms. The minimum absolute atomic E-state index is 0.164. The summed E-state index contributed by atoms with van der Waals surface area (Å²) in [6, 6.07) is 14.1. The van der Waals surface area contributed by atoms with Crippen LogP contribution in [0.3, 0.4) is 0 Å². The van der Waals surface area contributed by atoms with Crippen LogP contribution in [0, 0.1) is 0 Å². The van der Waals surface area contributed by atoms with Crippen LogP contribution in [0.4, 0.5) is 14.5 Å². The Morgan fingerprint density at radius 2 is 1.81 bits per heavy atom. The number of hydrogen-bond acceptors (Lipinski definition) is 5. The average molecular weight is 366 g/mol. The monoisotopic (exact) mass is 366 g/mol. The Labute approximate surface area is 151 Å². The maximum Gasteiger partial charge on any atom is 0.387 e. The minimum Gasteiger partial charge on any atom is -0.491 e. The Hall–Kier alpha value is -2.38. The summed E-state index contributed by atoms with van der Waals surface area (Å²) in [7, 11) is 1.84. The maximum absolute atomic E-state index is 12.4. The molecule has 0 saturated heterocycles. The second kappa shape index (κ2) is 10.6. The molecule has 142 valence electrons. The molecule has 0 radical (unpaired) electrons. The summed E-state index contributed by atoms with van der Waals surface area (Å²) in [5.41, 5.74) is 1.67. The first-order valence-corrected chi connectivity index (χ1v) is 8.40. The van der Waals surface area contributed by atoms with Crippen LogP contribution < -0.4 is 20.1 Å². The smallest absolute Gasteiger partial charge is 0.387 e. The lowest BCUT2D eigenvalue weighted by Crippen LogP contribution is -2.32. The fourth-order valence-electron chi connectivity index (χ4n) is 2.38. The number of hydrogen-bond donors (Lipinski definition) is 3. The van der Waals surface area contributed by atoms with Gasteiger partial charge in [-0.15, -0.1) is 0 Å². The van der Waals surface area contributed by atoms with Gasteiger partial charge in [-0.25, -0.2) is 0 Å². The molecule has 0 aliphatic heterocycles. The molecule has 3 N–H and O–H groups in total. The van der Waals surface area contributed by atoms with Crippen LogP contribution in [0.15, 0.2) is 48.5 Å². The predicted octanol–water partition coefficient (Wildman–Crippen LogP) is 2.90. The van der Waals surface area contributed by atoms with Gasteiger partial charge in [0.2, 0.25) is 0 Å². The van der Waals surface area contributed by atoms with Crippen molar-refractivity contribution in [3.63, 3.8) is 0 Å². The number of ether oxygens (including phenoxy) is 2. The van der Waals surface area contributed by atoms with Crippen LogP contribution in [0.2, 0.25) is 0 Å². The van der Waals surface area contributed by atoms with Gasteiger partial charge < -0.3 is 25.2 Å². The van der Waals surface area contributed by atoms with E-state index >= 15 is 0 Å². The minimum atomic E-state index is -2.84. The van der Waals surface area contributed by atoms with Crippen molar-refractivity contribution in [2.75, 3.05) is 32.1 Å². The van der Waals surface area contributed by atoms with Gasteiger partial charge in [0.1, 0.15) is 24.2 Å². The number of anilines is 1. The van der Waals surface area contributed by atoms with Gasteiger partial charge in [0.25, 0.3) is 0 Å². The molecule has 2 aromatic rings. The number of rotatable bonds is 11. The van der Waals surface area contributed by atoms with E-state index < -0.39 is 12.7 Å². The zero-order chi connectivity index (χ0) is 18.8. The van der Waals surface area contributed by atoms with Crippen LogP contribution in [0.5, 0.6) is 11.5 Å². The highest BCUT2D eigenvalue weighted by Gasteiger charge is 2.09. The van der Waals surface area contributed by atoms with Gasteiger partial charge >= 0.3 is 6.61 Å². The molecule has 2 rings (SSSR count). The summed E-state index contributed by atoms with van der Waals surface area (Å²) < 4.78 is 34.8. The van der Waals surface area contributed by atoms with Crippen molar-refractivity contribution in [1.29, 1.82) is 0 Å². The first-order valence-electron chi connectivity index (χ1n) is 8.40. The summed E-state index contributed by atoms with van der Waals surface area (Å²) in [6.07, 6.45) is -0.159. The van der Waals surface area contributed by atoms with E-state index in [4.69, 9.17) is 4.74 Å². The normalized spacial score (nSPS) is 12.0. The van der Waals surface area contributed by atoms with Crippen molar-refractivity contribution >= 4 is 5.69 Å². The fraction of sp³-hybridized carbons (Fsp3) is 0.368. The van der Waals surface area contributed by atoms with E-state index in [2.05, 4.69) is 15.4 Å². The summed E-state index contributed by atoms with van der Waals surface area (Å²) in [4.78, 5) is 0. The fourth-order valence-corrected chi connectivity index (χ4v) is 2.38. The number of alkyl halides is 2. The number of halogens is 2. The molecule has 0 aromatic heterocycles. The number of aliphatic hydroxyl groups is 1. The van der Waals surface area contributed by atoms with E-state index in [1.165, 1.54) is 6.07 Å². The van der Waals surface area contributed by atoms with Crippen molar-refractivity contribution < 1.29 is 23.4 Å². The molecular formula is C19H24F2N2O3. The molecule has 0 aliphatic carbocycles. The molecule has 7 heteroatoms. The van der Waals surface area contributed by atoms with E-state index in [-0.39, 0.29) is 12.4 Å². The Bertz CT molecular complexity index is 653. The van der Waals surface area contributed by atoms with Gasteiger partial charge in [-0.2, -0.15) is 8.78 Å². The van der Waals surface area contributed by atoms with Gasteiger partial charge in [-0.05, 0) is 48.9 Å². The van der Waals surface area contributed by atoms with Gasteiger partial charge in [0.15, 0.2) is 0 Å². The predicted molar refractivity (Wildman–Crippen MR) is 97.1 cm³/mol. The molecule has 1 unspecified atom stereocenters. The van der Waals surface area contributed by atoms with Crippen molar-refractivity contribution in [3.8, 4) is 11.5 Å². The Kier molecular flexibility index (Phi) is 8.11. The highest BCUT2D eigenvalue weighted by atomic mass is 19.3. The lowest BCUT2D eigenvalue weighted by atomic mass is 10.1. The van der Waals surface area contributed by atoms with Crippen molar-refractivity contribution in [2.24, 2.45) is 0 Å². The summed E-state index contributed by atoms with van der Waals surface area (Å²) in [6.45, 7) is -1.81. The van der Waals surface area contributed by atoms with E-state index in [1.54, 1.807) is 18.2 Å². The largest absolute Gasteiger partial charge is 0.491 e. The lowest BCUT2D eigenvalue weighted by molar-refractivity contribution is -0.0504. The molecule has 1 atom stereocenters. The molecule has 0 amide bonds. The highest BCUT2D eigenvalue weighted by molar-refractivity contribution is 5.45. The zero-order valence-electron chi connectivity index (χ0n) is 14.6. The van der Waals surface area contributed by atoms with Gasteiger partial charge in [0, 0.05) is 19.3 Å².